The van der Waals surface area contributed by atoms with Crippen LogP contribution in [0.4, 0.5) is 5.82 Å². The summed E-state index contributed by atoms with van der Waals surface area (Å²) in [5.41, 5.74) is 2.98. The molecule has 3 rings (SSSR count). The highest BCUT2D eigenvalue weighted by Gasteiger charge is 2.09. The molecular weight excluding hydrogens is 298 g/mol. The SMILES string of the molecule is CCCCCCCn1cnc2c(NCc3ccccc3)ncnc21. The molecule has 0 saturated heterocycles. The molecule has 0 bridgehead atoms. The summed E-state index contributed by atoms with van der Waals surface area (Å²) >= 11 is 0. The quantitative estimate of drug-likeness (QED) is 0.593. The molecule has 0 atom stereocenters. The number of fused-ring (bicyclic) bond motifs is 1. The van der Waals surface area contributed by atoms with Crippen molar-refractivity contribution in [2.75, 3.05) is 5.32 Å². The summed E-state index contributed by atoms with van der Waals surface area (Å²) in [6.07, 6.45) is 9.83. The monoisotopic (exact) mass is 323 g/mol. The Labute approximate surface area is 143 Å². The normalized spacial score (nSPS) is 11.0. The lowest BCUT2D eigenvalue weighted by molar-refractivity contribution is 0.573. The number of anilines is 1. The van der Waals surface area contributed by atoms with E-state index in [2.05, 4.69) is 43.9 Å². The fourth-order valence-corrected chi connectivity index (χ4v) is 2.84. The number of rotatable bonds is 9. The van der Waals surface area contributed by atoms with Crippen LogP contribution < -0.4 is 5.32 Å². The van der Waals surface area contributed by atoms with E-state index in [1.54, 1.807) is 6.33 Å². The van der Waals surface area contributed by atoms with E-state index in [0.29, 0.717) is 0 Å². The first kappa shape index (κ1) is 16.4. The highest BCUT2D eigenvalue weighted by Crippen LogP contribution is 2.18. The predicted molar refractivity (Wildman–Crippen MR) is 97.9 cm³/mol. The van der Waals surface area contributed by atoms with Crippen molar-refractivity contribution >= 4 is 17.0 Å². The number of hydrogen-bond donors (Lipinski definition) is 1. The lowest BCUT2D eigenvalue weighted by Crippen LogP contribution is -2.03. The highest BCUT2D eigenvalue weighted by molar-refractivity contribution is 5.82. The Morgan fingerprint density at radius 3 is 2.62 bits per heavy atom. The number of hydrogen-bond acceptors (Lipinski definition) is 4. The van der Waals surface area contributed by atoms with Crippen LogP contribution >= 0.6 is 0 Å². The van der Waals surface area contributed by atoms with Gasteiger partial charge in [-0.25, -0.2) is 15.0 Å². The first-order valence-electron chi connectivity index (χ1n) is 8.82. The maximum Gasteiger partial charge on any atom is 0.165 e. The number of benzene rings is 1. The van der Waals surface area contributed by atoms with Gasteiger partial charge >= 0.3 is 0 Å². The molecule has 0 spiro atoms. The van der Waals surface area contributed by atoms with Crippen LogP contribution in [0.3, 0.4) is 0 Å². The summed E-state index contributed by atoms with van der Waals surface area (Å²) in [5.74, 6) is 0.800. The fraction of sp³-hybridized carbons (Fsp3) is 0.421. The van der Waals surface area contributed by atoms with E-state index >= 15 is 0 Å². The second kappa shape index (κ2) is 8.43. The largest absolute Gasteiger partial charge is 0.364 e. The Kier molecular flexibility index (Phi) is 5.77. The number of nitrogens with one attached hydrogen (secondary N) is 1. The third-order valence-corrected chi connectivity index (χ3v) is 4.21. The number of nitrogens with zero attached hydrogens (tertiary/aromatic N) is 4. The van der Waals surface area contributed by atoms with Crippen molar-refractivity contribution < 1.29 is 0 Å². The van der Waals surface area contributed by atoms with Crippen molar-refractivity contribution in [2.45, 2.75) is 52.1 Å². The molecule has 5 nitrogen and oxygen atoms in total. The first-order chi connectivity index (χ1) is 11.9. The average molecular weight is 323 g/mol. The predicted octanol–water partition coefficient (Wildman–Crippen LogP) is 4.41. The lowest BCUT2D eigenvalue weighted by Gasteiger charge is -2.07. The van der Waals surface area contributed by atoms with E-state index in [-0.39, 0.29) is 0 Å². The lowest BCUT2D eigenvalue weighted by atomic mass is 10.1. The van der Waals surface area contributed by atoms with Gasteiger partial charge in [-0.1, -0.05) is 62.9 Å². The second-order valence-electron chi connectivity index (χ2n) is 6.09. The molecular formula is C19H25N5. The van der Waals surface area contributed by atoms with E-state index in [1.165, 1.54) is 37.7 Å². The van der Waals surface area contributed by atoms with Crippen molar-refractivity contribution in [3.05, 3.63) is 48.5 Å². The number of aryl methyl sites for hydroxylation is 1. The molecule has 0 aliphatic heterocycles. The van der Waals surface area contributed by atoms with Crippen molar-refractivity contribution in [3.8, 4) is 0 Å². The van der Waals surface area contributed by atoms with Crippen molar-refractivity contribution in [1.82, 2.24) is 19.5 Å². The van der Waals surface area contributed by atoms with Gasteiger partial charge in [-0.2, -0.15) is 0 Å². The van der Waals surface area contributed by atoms with E-state index in [4.69, 9.17) is 0 Å². The van der Waals surface area contributed by atoms with Crippen LogP contribution in [0.5, 0.6) is 0 Å². The molecule has 3 aromatic rings. The Morgan fingerprint density at radius 2 is 1.79 bits per heavy atom. The van der Waals surface area contributed by atoms with Gasteiger partial charge in [0, 0.05) is 13.1 Å². The molecule has 0 amide bonds. The van der Waals surface area contributed by atoms with Crippen LogP contribution in [0.25, 0.3) is 11.2 Å². The summed E-state index contributed by atoms with van der Waals surface area (Å²) in [4.78, 5) is 13.3. The zero-order valence-electron chi connectivity index (χ0n) is 14.3. The molecule has 24 heavy (non-hydrogen) atoms. The Hall–Kier alpha value is -2.43. The minimum absolute atomic E-state index is 0.733. The summed E-state index contributed by atoms with van der Waals surface area (Å²) in [6, 6.07) is 10.3. The molecule has 0 saturated carbocycles. The average Bonchev–Trinajstić information content (AvgIpc) is 3.04. The molecule has 126 valence electrons. The van der Waals surface area contributed by atoms with Crippen LogP contribution in [0.2, 0.25) is 0 Å². The highest BCUT2D eigenvalue weighted by atomic mass is 15.1. The standard InChI is InChI=1S/C19H25N5/c1-2-3-4-5-9-12-24-15-23-17-18(21-14-22-19(17)24)20-13-16-10-7-6-8-11-16/h6-8,10-11,14-15H,2-5,9,12-13H2,1H3,(H,20,21,22). The fourth-order valence-electron chi connectivity index (χ4n) is 2.84. The summed E-state index contributed by atoms with van der Waals surface area (Å²) in [5, 5.41) is 3.37. The van der Waals surface area contributed by atoms with E-state index in [1.807, 2.05) is 24.5 Å². The second-order valence-corrected chi connectivity index (χ2v) is 6.09. The van der Waals surface area contributed by atoms with Gasteiger partial charge in [0.2, 0.25) is 0 Å². The minimum atomic E-state index is 0.733. The number of aromatic nitrogens is 4. The van der Waals surface area contributed by atoms with E-state index < -0.39 is 0 Å². The smallest absolute Gasteiger partial charge is 0.165 e. The van der Waals surface area contributed by atoms with Gasteiger partial charge in [-0.15, -0.1) is 0 Å². The zero-order valence-corrected chi connectivity index (χ0v) is 14.3. The molecule has 0 fully saturated rings. The maximum absolute atomic E-state index is 4.52. The Bertz CT molecular complexity index is 751. The Morgan fingerprint density at radius 1 is 0.958 bits per heavy atom. The van der Waals surface area contributed by atoms with Gasteiger partial charge in [-0.3, -0.25) is 0 Å². The van der Waals surface area contributed by atoms with E-state index in [9.17, 15) is 0 Å². The summed E-state index contributed by atoms with van der Waals surface area (Å²) < 4.78 is 2.14. The van der Waals surface area contributed by atoms with Crippen LogP contribution in [0.15, 0.2) is 43.0 Å². The van der Waals surface area contributed by atoms with Gasteiger partial charge in [0.05, 0.1) is 6.33 Å². The molecule has 1 N–H and O–H groups in total. The van der Waals surface area contributed by atoms with Crippen LogP contribution in [-0.4, -0.2) is 19.5 Å². The van der Waals surface area contributed by atoms with E-state index in [0.717, 1.165) is 30.1 Å². The topological polar surface area (TPSA) is 55.6 Å². The molecule has 1 aromatic carbocycles. The molecule has 0 aliphatic carbocycles. The van der Waals surface area contributed by atoms with Crippen LogP contribution in [-0.2, 0) is 13.1 Å². The van der Waals surface area contributed by atoms with Gasteiger partial charge in [0.25, 0.3) is 0 Å². The Balaban J connectivity index is 1.65. The van der Waals surface area contributed by atoms with Gasteiger partial charge in [0.1, 0.15) is 11.8 Å². The van der Waals surface area contributed by atoms with Crippen molar-refractivity contribution in [2.24, 2.45) is 0 Å². The number of unbranched alkanes of at least 4 members (excludes halogenated alkanes) is 4. The van der Waals surface area contributed by atoms with Crippen molar-refractivity contribution in [3.63, 3.8) is 0 Å². The molecule has 2 heterocycles. The zero-order chi connectivity index (χ0) is 16.6. The summed E-state index contributed by atoms with van der Waals surface area (Å²) in [7, 11) is 0. The molecule has 5 heteroatoms. The molecule has 0 radical (unpaired) electrons. The third kappa shape index (κ3) is 4.10. The first-order valence-corrected chi connectivity index (χ1v) is 8.82. The van der Waals surface area contributed by atoms with Gasteiger partial charge in [0.15, 0.2) is 11.5 Å². The van der Waals surface area contributed by atoms with Crippen LogP contribution in [0.1, 0.15) is 44.6 Å². The molecule has 2 aromatic heterocycles. The van der Waals surface area contributed by atoms with Crippen LogP contribution in [0, 0.1) is 0 Å². The van der Waals surface area contributed by atoms with Crippen molar-refractivity contribution in [1.29, 1.82) is 0 Å². The maximum atomic E-state index is 4.52. The van der Waals surface area contributed by atoms with Gasteiger partial charge in [-0.05, 0) is 12.0 Å². The minimum Gasteiger partial charge on any atom is -0.364 e. The molecule has 0 unspecified atom stereocenters. The molecule has 0 aliphatic rings. The third-order valence-electron chi connectivity index (χ3n) is 4.21. The van der Waals surface area contributed by atoms with Gasteiger partial charge < -0.3 is 9.88 Å². The number of imidazole rings is 1. The summed E-state index contributed by atoms with van der Waals surface area (Å²) in [6.45, 7) is 3.94.